The molecule has 0 saturated carbocycles. The molecule has 0 radical (unpaired) electrons. The van der Waals surface area contributed by atoms with Crippen molar-refractivity contribution < 1.29 is 4.79 Å². The fraction of sp³-hybridized carbons (Fsp3) is 0.500. The fourth-order valence-electron chi connectivity index (χ4n) is 3.55. The molecule has 1 saturated heterocycles. The zero-order valence-corrected chi connectivity index (χ0v) is 21.4. The standard InChI is InChI=1S/C22H32N6OS.HI/c1-3-24-22(26-16-21(29)27-18-6-4-10-23-14-18)25-15-19(20-7-5-13-30-20)28-11-8-17(2)9-12-28;/h4-7,10,13-14,17,19H,3,8-9,11-12,15-16H2,1-2H3,(H,27,29)(H2,24,25,26);1H. The van der Waals surface area contributed by atoms with Gasteiger partial charge in [-0.05, 0) is 62.4 Å². The molecule has 1 amide bonds. The van der Waals surface area contributed by atoms with Crippen LogP contribution in [0, 0.1) is 5.92 Å². The van der Waals surface area contributed by atoms with Crippen molar-refractivity contribution >= 4 is 52.9 Å². The summed E-state index contributed by atoms with van der Waals surface area (Å²) in [5, 5.41) is 11.6. The van der Waals surface area contributed by atoms with Crippen LogP contribution in [0.2, 0.25) is 0 Å². The number of carbonyl (C=O) groups is 1. The van der Waals surface area contributed by atoms with Gasteiger partial charge in [0.25, 0.3) is 0 Å². The number of hydrogen-bond donors (Lipinski definition) is 3. The van der Waals surface area contributed by atoms with E-state index in [-0.39, 0.29) is 36.4 Å². The number of likely N-dealkylation sites (tertiary alicyclic amines) is 1. The van der Waals surface area contributed by atoms with Gasteiger partial charge in [0.15, 0.2) is 5.96 Å². The quantitative estimate of drug-likeness (QED) is 0.262. The second-order valence-corrected chi connectivity index (χ2v) is 8.59. The number of amides is 1. The number of hydrogen-bond acceptors (Lipinski definition) is 5. The maximum absolute atomic E-state index is 12.2. The van der Waals surface area contributed by atoms with Gasteiger partial charge in [-0.2, -0.15) is 0 Å². The van der Waals surface area contributed by atoms with Gasteiger partial charge in [-0.25, -0.2) is 4.99 Å². The average Bonchev–Trinajstić information content (AvgIpc) is 3.28. The van der Waals surface area contributed by atoms with Crippen molar-refractivity contribution in [3.05, 3.63) is 46.9 Å². The molecule has 1 fully saturated rings. The van der Waals surface area contributed by atoms with E-state index >= 15 is 0 Å². The molecule has 0 spiro atoms. The minimum absolute atomic E-state index is 0. The molecule has 9 heteroatoms. The SMILES string of the molecule is CCNC(=NCC(=O)Nc1cccnc1)NCC(c1cccs1)N1CCC(C)CC1.I. The van der Waals surface area contributed by atoms with E-state index in [9.17, 15) is 4.79 Å². The predicted octanol–water partition coefficient (Wildman–Crippen LogP) is 3.73. The largest absolute Gasteiger partial charge is 0.357 e. The number of nitrogens with one attached hydrogen (secondary N) is 3. The molecule has 1 atom stereocenters. The van der Waals surface area contributed by atoms with Crippen LogP contribution in [-0.4, -0.2) is 54.5 Å². The summed E-state index contributed by atoms with van der Waals surface area (Å²) in [7, 11) is 0. The number of piperidine rings is 1. The summed E-state index contributed by atoms with van der Waals surface area (Å²) in [5.41, 5.74) is 0.674. The first-order valence-corrected chi connectivity index (χ1v) is 11.5. The highest BCUT2D eigenvalue weighted by Crippen LogP contribution is 2.29. The van der Waals surface area contributed by atoms with Crippen LogP contribution in [0.3, 0.4) is 0 Å². The van der Waals surface area contributed by atoms with Gasteiger partial charge >= 0.3 is 0 Å². The Kier molecular flexibility index (Phi) is 11.2. The number of aromatic nitrogens is 1. The second kappa shape index (κ2) is 13.6. The van der Waals surface area contributed by atoms with E-state index in [0.29, 0.717) is 17.7 Å². The zero-order valence-electron chi connectivity index (χ0n) is 18.2. The van der Waals surface area contributed by atoms with Gasteiger partial charge < -0.3 is 16.0 Å². The van der Waals surface area contributed by atoms with Gasteiger partial charge in [0, 0.05) is 24.2 Å². The minimum atomic E-state index is -0.167. The van der Waals surface area contributed by atoms with Gasteiger partial charge in [0.2, 0.25) is 5.91 Å². The topological polar surface area (TPSA) is 81.6 Å². The van der Waals surface area contributed by atoms with Crippen LogP contribution < -0.4 is 16.0 Å². The molecule has 0 aromatic carbocycles. The van der Waals surface area contributed by atoms with Crippen molar-refractivity contribution in [2.24, 2.45) is 10.9 Å². The molecule has 3 heterocycles. The fourth-order valence-corrected chi connectivity index (χ4v) is 4.41. The molecule has 1 aliphatic rings. The van der Waals surface area contributed by atoms with Gasteiger partial charge in [-0.1, -0.05) is 13.0 Å². The van der Waals surface area contributed by atoms with Crippen molar-refractivity contribution in [2.45, 2.75) is 32.7 Å². The van der Waals surface area contributed by atoms with Gasteiger partial charge in [0.1, 0.15) is 6.54 Å². The first kappa shape index (κ1) is 25.5. The Morgan fingerprint density at radius 2 is 2.10 bits per heavy atom. The van der Waals surface area contributed by atoms with Gasteiger partial charge in [0.05, 0.1) is 17.9 Å². The predicted molar refractivity (Wildman–Crippen MR) is 139 cm³/mol. The van der Waals surface area contributed by atoms with E-state index in [1.165, 1.54) is 17.7 Å². The summed E-state index contributed by atoms with van der Waals surface area (Å²) >= 11 is 1.80. The Morgan fingerprint density at radius 1 is 1.29 bits per heavy atom. The lowest BCUT2D eigenvalue weighted by atomic mass is 9.97. The summed E-state index contributed by atoms with van der Waals surface area (Å²) in [6, 6.07) is 8.23. The summed E-state index contributed by atoms with van der Waals surface area (Å²) < 4.78 is 0. The molecule has 0 bridgehead atoms. The molecule has 0 aliphatic carbocycles. The van der Waals surface area contributed by atoms with Crippen molar-refractivity contribution in [2.75, 3.05) is 38.0 Å². The van der Waals surface area contributed by atoms with Crippen molar-refractivity contribution in [3.8, 4) is 0 Å². The monoisotopic (exact) mass is 556 g/mol. The van der Waals surface area contributed by atoms with Crippen LogP contribution in [0.1, 0.15) is 37.6 Å². The summed E-state index contributed by atoms with van der Waals surface area (Å²) in [6.07, 6.45) is 5.78. The molecule has 170 valence electrons. The lowest BCUT2D eigenvalue weighted by Gasteiger charge is -2.36. The minimum Gasteiger partial charge on any atom is -0.357 e. The van der Waals surface area contributed by atoms with E-state index in [4.69, 9.17) is 0 Å². The van der Waals surface area contributed by atoms with Crippen LogP contribution in [-0.2, 0) is 4.79 Å². The van der Waals surface area contributed by atoms with E-state index < -0.39 is 0 Å². The Morgan fingerprint density at radius 3 is 2.74 bits per heavy atom. The number of anilines is 1. The highest BCUT2D eigenvalue weighted by Gasteiger charge is 2.25. The number of rotatable bonds is 8. The van der Waals surface area contributed by atoms with E-state index in [2.05, 4.69) is 55.3 Å². The summed E-state index contributed by atoms with van der Waals surface area (Å²) in [5.74, 6) is 1.29. The third kappa shape index (κ3) is 8.38. The molecular formula is C22H33IN6OS. The van der Waals surface area contributed by atoms with E-state index in [1.807, 2.05) is 13.0 Å². The number of nitrogens with zero attached hydrogens (tertiary/aromatic N) is 3. The molecule has 31 heavy (non-hydrogen) atoms. The third-order valence-corrected chi connectivity index (χ3v) is 6.24. The van der Waals surface area contributed by atoms with Crippen LogP contribution >= 0.6 is 35.3 Å². The van der Waals surface area contributed by atoms with Crippen molar-refractivity contribution in [3.63, 3.8) is 0 Å². The Hall–Kier alpha value is -1.72. The van der Waals surface area contributed by atoms with E-state index in [1.54, 1.807) is 29.8 Å². The number of aliphatic imine (C=N–C) groups is 1. The number of guanidine groups is 1. The van der Waals surface area contributed by atoms with Crippen LogP contribution in [0.25, 0.3) is 0 Å². The molecule has 7 nitrogen and oxygen atoms in total. The smallest absolute Gasteiger partial charge is 0.246 e. The first-order valence-electron chi connectivity index (χ1n) is 10.6. The van der Waals surface area contributed by atoms with Gasteiger partial charge in [-0.3, -0.25) is 14.7 Å². The normalized spacial score (nSPS) is 16.3. The third-order valence-electron chi connectivity index (χ3n) is 5.26. The molecular weight excluding hydrogens is 523 g/mol. The van der Waals surface area contributed by atoms with Crippen molar-refractivity contribution in [1.82, 2.24) is 20.5 Å². The Labute approximate surface area is 206 Å². The number of halogens is 1. The van der Waals surface area contributed by atoms with Crippen LogP contribution in [0.4, 0.5) is 5.69 Å². The maximum Gasteiger partial charge on any atom is 0.246 e. The highest BCUT2D eigenvalue weighted by atomic mass is 127. The second-order valence-electron chi connectivity index (χ2n) is 7.62. The lowest BCUT2D eigenvalue weighted by molar-refractivity contribution is -0.114. The molecule has 3 N–H and O–H groups in total. The number of carbonyl (C=O) groups excluding carboxylic acids is 1. The zero-order chi connectivity index (χ0) is 21.2. The summed E-state index contributed by atoms with van der Waals surface area (Å²) in [4.78, 5) is 24.6. The summed E-state index contributed by atoms with van der Waals surface area (Å²) in [6.45, 7) is 8.14. The molecule has 2 aromatic heterocycles. The van der Waals surface area contributed by atoms with E-state index in [0.717, 1.165) is 32.1 Å². The molecule has 3 rings (SSSR count). The first-order chi connectivity index (χ1) is 14.7. The van der Waals surface area contributed by atoms with Crippen molar-refractivity contribution in [1.29, 1.82) is 0 Å². The number of thiophene rings is 1. The maximum atomic E-state index is 12.2. The molecule has 1 unspecified atom stereocenters. The Balaban J connectivity index is 0.00000341. The van der Waals surface area contributed by atoms with Crippen LogP contribution in [0.15, 0.2) is 47.0 Å². The lowest BCUT2D eigenvalue weighted by Crippen LogP contribution is -2.45. The molecule has 2 aromatic rings. The average molecular weight is 557 g/mol. The molecule has 1 aliphatic heterocycles. The Bertz CT molecular complexity index is 794. The van der Waals surface area contributed by atoms with Gasteiger partial charge in [-0.15, -0.1) is 35.3 Å². The highest BCUT2D eigenvalue weighted by molar-refractivity contribution is 14.0. The number of pyridine rings is 1. The van der Waals surface area contributed by atoms with Crippen LogP contribution in [0.5, 0.6) is 0 Å².